The van der Waals surface area contributed by atoms with Crippen LogP contribution in [-0.2, 0) is 4.74 Å². The van der Waals surface area contributed by atoms with Crippen molar-refractivity contribution in [1.82, 2.24) is 5.32 Å². The van der Waals surface area contributed by atoms with Crippen LogP contribution >= 0.6 is 0 Å². The Labute approximate surface area is 99.1 Å². The van der Waals surface area contributed by atoms with Crippen LogP contribution in [0.15, 0.2) is 0 Å². The molecule has 1 N–H and O–H groups in total. The van der Waals surface area contributed by atoms with Gasteiger partial charge < -0.3 is 10.1 Å². The van der Waals surface area contributed by atoms with Crippen molar-refractivity contribution in [3.8, 4) is 0 Å². The molecule has 2 heteroatoms. The molecule has 4 saturated carbocycles. The summed E-state index contributed by atoms with van der Waals surface area (Å²) >= 11 is 0. The summed E-state index contributed by atoms with van der Waals surface area (Å²) in [7, 11) is 0. The number of rotatable bonds is 5. The fourth-order valence-corrected chi connectivity index (χ4v) is 4.86. The van der Waals surface area contributed by atoms with Crippen molar-refractivity contribution in [3.05, 3.63) is 0 Å². The summed E-state index contributed by atoms with van der Waals surface area (Å²) in [4.78, 5) is 0. The lowest BCUT2D eigenvalue weighted by molar-refractivity contribution is -0.0226. The fraction of sp³-hybridized carbons (Fsp3) is 1.00. The van der Waals surface area contributed by atoms with Crippen molar-refractivity contribution >= 4 is 0 Å². The summed E-state index contributed by atoms with van der Waals surface area (Å²) in [5.41, 5.74) is 0.520. The zero-order valence-electron chi connectivity index (χ0n) is 10.5. The Balaban J connectivity index is 1.56. The summed E-state index contributed by atoms with van der Waals surface area (Å²) in [6.45, 7) is 4.87. The summed E-state index contributed by atoms with van der Waals surface area (Å²) in [6.07, 6.45) is 8.95. The molecule has 4 aliphatic carbocycles. The molecule has 0 aromatic rings. The average molecular weight is 223 g/mol. The molecule has 4 fully saturated rings. The Bertz CT molecular complexity index is 216. The third-order valence-electron chi connectivity index (χ3n) is 4.99. The van der Waals surface area contributed by atoms with Gasteiger partial charge in [-0.25, -0.2) is 0 Å². The van der Waals surface area contributed by atoms with Crippen LogP contribution in [-0.4, -0.2) is 25.3 Å². The monoisotopic (exact) mass is 223 g/mol. The Morgan fingerprint density at radius 1 is 1.06 bits per heavy atom. The van der Waals surface area contributed by atoms with Gasteiger partial charge in [-0.1, -0.05) is 0 Å². The Hall–Kier alpha value is -0.0800. The van der Waals surface area contributed by atoms with Crippen LogP contribution in [0.3, 0.4) is 0 Å². The highest BCUT2D eigenvalue weighted by molar-refractivity contribution is 5.06. The van der Waals surface area contributed by atoms with Crippen LogP contribution in [0.5, 0.6) is 0 Å². The van der Waals surface area contributed by atoms with Crippen LogP contribution in [0.4, 0.5) is 0 Å². The molecule has 0 radical (unpaired) electrons. The maximum Gasteiger partial charge on any atom is 0.0590 e. The van der Waals surface area contributed by atoms with E-state index in [0.29, 0.717) is 5.54 Å². The zero-order valence-corrected chi connectivity index (χ0v) is 10.5. The second-order valence-electron chi connectivity index (χ2n) is 6.32. The van der Waals surface area contributed by atoms with Gasteiger partial charge in [0.25, 0.3) is 0 Å². The minimum Gasteiger partial charge on any atom is -0.380 e. The maximum absolute atomic E-state index is 5.43. The van der Waals surface area contributed by atoms with E-state index < -0.39 is 0 Å². The predicted octanol–water partition coefficient (Wildman–Crippen LogP) is 2.58. The van der Waals surface area contributed by atoms with E-state index in [4.69, 9.17) is 4.74 Å². The van der Waals surface area contributed by atoms with Crippen LogP contribution < -0.4 is 5.32 Å². The number of hydrogen-bond donors (Lipinski definition) is 1. The van der Waals surface area contributed by atoms with Crippen molar-refractivity contribution in [2.75, 3.05) is 19.8 Å². The molecule has 0 spiro atoms. The summed E-state index contributed by atoms with van der Waals surface area (Å²) in [5.74, 6) is 3.14. The lowest BCUT2D eigenvalue weighted by atomic mass is 9.53. The van der Waals surface area contributed by atoms with Gasteiger partial charge in [-0.3, -0.25) is 0 Å². The number of hydrogen-bond acceptors (Lipinski definition) is 2. The maximum atomic E-state index is 5.43. The van der Waals surface area contributed by atoms with Gasteiger partial charge in [0.2, 0.25) is 0 Å². The molecule has 4 aliphatic rings. The normalized spacial score (nSPS) is 45.2. The molecule has 0 unspecified atom stereocenters. The molecule has 0 atom stereocenters. The topological polar surface area (TPSA) is 21.3 Å². The van der Waals surface area contributed by atoms with Gasteiger partial charge >= 0.3 is 0 Å². The van der Waals surface area contributed by atoms with Crippen molar-refractivity contribution in [2.24, 2.45) is 17.8 Å². The fourth-order valence-electron chi connectivity index (χ4n) is 4.86. The smallest absolute Gasteiger partial charge is 0.0590 e. The molecule has 0 heterocycles. The molecule has 0 aliphatic heterocycles. The van der Waals surface area contributed by atoms with Gasteiger partial charge in [0.05, 0.1) is 6.61 Å². The second-order valence-corrected chi connectivity index (χ2v) is 6.32. The quantitative estimate of drug-likeness (QED) is 0.723. The van der Waals surface area contributed by atoms with Gasteiger partial charge in [0, 0.05) is 18.7 Å². The molecule has 0 amide bonds. The lowest BCUT2D eigenvalue weighted by Gasteiger charge is -2.57. The molecule has 0 aromatic heterocycles. The van der Waals surface area contributed by atoms with Gasteiger partial charge in [0.15, 0.2) is 0 Å². The van der Waals surface area contributed by atoms with E-state index in [1.54, 1.807) is 0 Å². The molecule has 4 bridgehead atoms. The summed E-state index contributed by atoms with van der Waals surface area (Å²) < 4.78 is 5.43. The Morgan fingerprint density at radius 2 is 1.62 bits per heavy atom. The molecule has 2 nitrogen and oxygen atoms in total. The minimum absolute atomic E-state index is 0.520. The van der Waals surface area contributed by atoms with E-state index in [1.807, 2.05) is 0 Å². The standard InChI is InChI=1S/C14H25NO/c1-2-16-4-3-15-14-8-11-5-12(9-14)7-13(6-11)10-14/h11-13,15H,2-10H2,1H3. The molecule has 0 aromatic carbocycles. The summed E-state index contributed by atoms with van der Waals surface area (Å²) in [6, 6.07) is 0. The molecular formula is C14H25NO. The highest BCUT2D eigenvalue weighted by Crippen LogP contribution is 2.55. The first kappa shape index (κ1) is 11.0. The SMILES string of the molecule is CCOCCNC12CC3CC(CC(C3)C1)C2. The van der Waals surface area contributed by atoms with E-state index in [0.717, 1.165) is 37.5 Å². The van der Waals surface area contributed by atoms with Crippen LogP contribution in [0.1, 0.15) is 45.4 Å². The number of nitrogens with one attached hydrogen (secondary N) is 1. The first-order valence-corrected chi connectivity index (χ1v) is 7.12. The van der Waals surface area contributed by atoms with E-state index in [9.17, 15) is 0 Å². The summed E-state index contributed by atoms with van der Waals surface area (Å²) in [5, 5.41) is 3.84. The molecular weight excluding hydrogens is 198 g/mol. The zero-order chi connectivity index (χ0) is 11.0. The lowest BCUT2D eigenvalue weighted by Crippen LogP contribution is -2.58. The van der Waals surface area contributed by atoms with Crippen molar-refractivity contribution in [1.29, 1.82) is 0 Å². The Kier molecular flexibility index (Phi) is 2.97. The van der Waals surface area contributed by atoms with E-state index in [1.165, 1.54) is 38.5 Å². The van der Waals surface area contributed by atoms with Crippen molar-refractivity contribution in [2.45, 2.75) is 51.0 Å². The third-order valence-corrected chi connectivity index (χ3v) is 4.99. The Morgan fingerprint density at radius 3 is 2.12 bits per heavy atom. The van der Waals surface area contributed by atoms with Crippen LogP contribution in [0, 0.1) is 17.8 Å². The van der Waals surface area contributed by atoms with E-state index in [-0.39, 0.29) is 0 Å². The van der Waals surface area contributed by atoms with E-state index in [2.05, 4.69) is 12.2 Å². The molecule has 16 heavy (non-hydrogen) atoms. The first-order valence-electron chi connectivity index (χ1n) is 7.12. The predicted molar refractivity (Wildman–Crippen MR) is 65.4 cm³/mol. The van der Waals surface area contributed by atoms with Crippen molar-refractivity contribution in [3.63, 3.8) is 0 Å². The first-order chi connectivity index (χ1) is 7.80. The average Bonchev–Trinajstić information content (AvgIpc) is 2.22. The van der Waals surface area contributed by atoms with Gasteiger partial charge in [0.1, 0.15) is 0 Å². The van der Waals surface area contributed by atoms with Crippen LogP contribution in [0.2, 0.25) is 0 Å². The molecule has 92 valence electrons. The minimum atomic E-state index is 0.520. The van der Waals surface area contributed by atoms with Gasteiger partial charge in [-0.15, -0.1) is 0 Å². The largest absolute Gasteiger partial charge is 0.380 e. The second kappa shape index (κ2) is 4.30. The molecule has 4 rings (SSSR count). The van der Waals surface area contributed by atoms with Gasteiger partial charge in [-0.2, -0.15) is 0 Å². The van der Waals surface area contributed by atoms with Crippen LogP contribution in [0.25, 0.3) is 0 Å². The third kappa shape index (κ3) is 2.02. The van der Waals surface area contributed by atoms with E-state index >= 15 is 0 Å². The van der Waals surface area contributed by atoms with Gasteiger partial charge in [-0.05, 0) is 63.2 Å². The van der Waals surface area contributed by atoms with Crippen molar-refractivity contribution < 1.29 is 4.74 Å². The molecule has 0 saturated heterocycles. The number of ether oxygens (including phenoxy) is 1. The highest BCUT2D eigenvalue weighted by Gasteiger charge is 2.50. The highest BCUT2D eigenvalue weighted by atomic mass is 16.5.